The number of benzene rings is 3. The summed E-state index contributed by atoms with van der Waals surface area (Å²) in [5.41, 5.74) is 4.19. The van der Waals surface area contributed by atoms with E-state index in [1.807, 2.05) is 49.5 Å². The number of fused-ring (bicyclic) bond motifs is 1. The molecule has 0 bridgehead atoms. The van der Waals surface area contributed by atoms with E-state index in [-0.39, 0.29) is 16.5 Å². The van der Waals surface area contributed by atoms with Crippen LogP contribution in [0.15, 0.2) is 67.0 Å². The van der Waals surface area contributed by atoms with Crippen LogP contribution < -0.4 is 14.4 Å². The van der Waals surface area contributed by atoms with Crippen LogP contribution in [0.25, 0.3) is 11.1 Å². The lowest BCUT2D eigenvalue weighted by Crippen LogP contribution is -2.31. The third-order valence-corrected chi connectivity index (χ3v) is 7.64. The molecule has 5 rings (SSSR count). The third-order valence-electron chi connectivity index (χ3n) is 6.92. The minimum Gasteiger partial charge on any atom is -0.493 e. The Morgan fingerprint density at radius 1 is 1.10 bits per heavy atom. The Morgan fingerprint density at radius 3 is 2.73 bits per heavy atom. The molecule has 1 amide bonds. The molecular formula is C31H29Cl2N3O5. The van der Waals surface area contributed by atoms with Crippen LogP contribution in [0, 0.1) is 6.92 Å². The molecule has 0 saturated heterocycles. The number of para-hydroxylation sites is 1. The van der Waals surface area contributed by atoms with Gasteiger partial charge in [-0.3, -0.25) is 9.48 Å². The number of aromatic carboxylic acids is 1. The summed E-state index contributed by atoms with van der Waals surface area (Å²) in [6, 6.07) is 16.2. The van der Waals surface area contributed by atoms with Crippen molar-refractivity contribution in [3.63, 3.8) is 0 Å². The number of rotatable bonds is 9. The normalized spacial score (nSPS) is 12.8. The summed E-state index contributed by atoms with van der Waals surface area (Å²) in [4.78, 5) is 26.4. The molecule has 0 atom stereocenters. The molecule has 1 aliphatic heterocycles. The summed E-state index contributed by atoms with van der Waals surface area (Å²) in [7, 11) is 0. The second-order valence-corrected chi connectivity index (χ2v) is 10.6. The van der Waals surface area contributed by atoms with Gasteiger partial charge in [-0.1, -0.05) is 47.5 Å². The van der Waals surface area contributed by atoms with E-state index in [0.717, 1.165) is 33.7 Å². The zero-order valence-corrected chi connectivity index (χ0v) is 24.0. The predicted octanol–water partition coefficient (Wildman–Crippen LogP) is 6.89. The summed E-state index contributed by atoms with van der Waals surface area (Å²) >= 11 is 12.3. The van der Waals surface area contributed by atoms with Crippen molar-refractivity contribution in [1.29, 1.82) is 0 Å². The molecule has 10 heteroatoms. The van der Waals surface area contributed by atoms with Crippen LogP contribution in [-0.4, -0.2) is 46.5 Å². The fourth-order valence-corrected chi connectivity index (χ4v) is 5.23. The average Bonchev–Trinajstić information content (AvgIpc) is 3.29. The Labute approximate surface area is 248 Å². The molecule has 0 fully saturated rings. The van der Waals surface area contributed by atoms with E-state index < -0.39 is 5.97 Å². The number of ether oxygens (including phenoxy) is 2. The highest BCUT2D eigenvalue weighted by atomic mass is 35.5. The maximum absolute atomic E-state index is 13.3. The van der Waals surface area contributed by atoms with Gasteiger partial charge in [0.25, 0.3) is 0 Å². The van der Waals surface area contributed by atoms with Crippen molar-refractivity contribution in [3.8, 4) is 22.6 Å². The Balaban J connectivity index is 1.28. The quantitative estimate of drug-likeness (QED) is 0.212. The topological polar surface area (TPSA) is 93.9 Å². The molecule has 1 aromatic heterocycles. The lowest BCUT2D eigenvalue weighted by atomic mass is 10.1. The van der Waals surface area contributed by atoms with Crippen LogP contribution >= 0.6 is 23.2 Å². The van der Waals surface area contributed by atoms with Gasteiger partial charge in [-0.15, -0.1) is 0 Å². The van der Waals surface area contributed by atoms with Crippen LogP contribution in [-0.2, 0) is 11.3 Å². The van der Waals surface area contributed by atoms with Gasteiger partial charge in [-0.05, 0) is 55.7 Å². The Bertz CT molecular complexity index is 1590. The number of aromatic nitrogens is 2. The van der Waals surface area contributed by atoms with Crippen molar-refractivity contribution in [2.75, 3.05) is 24.7 Å². The molecule has 0 spiro atoms. The second-order valence-electron chi connectivity index (χ2n) is 9.76. The highest BCUT2D eigenvalue weighted by molar-refractivity contribution is 6.33. The monoisotopic (exact) mass is 593 g/mol. The third kappa shape index (κ3) is 6.50. The fourth-order valence-electron chi connectivity index (χ4n) is 4.78. The number of anilines is 1. The van der Waals surface area contributed by atoms with Gasteiger partial charge in [0, 0.05) is 40.9 Å². The summed E-state index contributed by atoms with van der Waals surface area (Å²) < 4.78 is 13.8. The fraction of sp³-hybridized carbons (Fsp3) is 0.258. The highest BCUT2D eigenvalue weighted by Crippen LogP contribution is 2.40. The Kier molecular flexibility index (Phi) is 8.81. The van der Waals surface area contributed by atoms with Crippen molar-refractivity contribution in [2.24, 2.45) is 0 Å². The van der Waals surface area contributed by atoms with Crippen molar-refractivity contribution in [3.05, 3.63) is 93.7 Å². The molecule has 0 unspecified atom stereocenters. The first-order valence-electron chi connectivity index (χ1n) is 13.3. The van der Waals surface area contributed by atoms with E-state index in [2.05, 4.69) is 5.10 Å². The molecule has 4 aromatic rings. The van der Waals surface area contributed by atoms with Crippen molar-refractivity contribution in [1.82, 2.24) is 9.78 Å². The predicted molar refractivity (Wildman–Crippen MR) is 159 cm³/mol. The zero-order valence-electron chi connectivity index (χ0n) is 22.5. The van der Waals surface area contributed by atoms with Crippen LogP contribution in [0.4, 0.5) is 5.69 Å². The van der Waals surface area contributed by atoms with Crippen LogP contribution in [0.3, 0.4) is 0 Å². The first kappa shape index (κ1) is 28.5. The number of hydrogen-bond donors (Lipinski definition) is 1. The molecule has 3 aromatic carbocycles. The number of carbonyl (C=O) groups excluding carboxylic acids is 1. The SMILES string of the molecule is Cc1c(Cl)cccc1OCCCC(=O)N1CCCOc2c(-c3cnn(Cc4ccc(C(=O)O)c(Cl)c4)c3)cccc21. The number of carboxylic acid groups (broad SMARTS) is 1. The van der Waals surface area contributed by atoms with Gasteiger partial charge >= 0.3 is 5.97 Å². The van der Waals surface area contributed by atoms with Crippen LogP contribution in [0.1, 0.15) is 40.7 Å². The van der Waals surface area contributed by atoms with Gasteiger partial charge in [0.2, 0.25) is 5.91 Å². The molecule has 41 heavy (non-hydrogen) atoms. The van der Waals surface area contributed by atoms with E-state index in [9.17, 15) is 14.7 Å². The molecule has 1 aliphatic rings. The number of amides is 1. The Hall–Kier alpha value is -4.01. The van der Waals surface area contributed by atoms with Crippen molar-refractivity contribution < 1.29 is 24.2 Å². The average molecular weight is 594 g/mol. The largest absolute Gasteiger partial charge is 0.493 e. The van der Waals surface area contributed by atoms with Crippen LogP contribution in [0.5, 0.6) is 11.5 Å². The minimum atomic E-state index is -1.07. The van der Waals surface area contributed by atoms with E-state index in [0.29, 0.717) is 56.3 Å². The van der Waals surface area contributed by atoms with Gasteiger partial charge in [0.1, 0.15) is 5.75 Å². The second kappa shape index (κ2) is 12.7. The number of halogens is 2. The molecular weight excluding hydrogens is 565 g/mol. The highest BCUT2D eigenvalue weighted by Gasteiger charge is 2.25. The number of hydrogen-bond acceptors (Lipinski definition) is 5. The first-order chi connectivity index (χ1) is 19.8. The maximum atomic E-state index is 13.3. The molecule has 0 aliphatic carbocycles. The first-order valence-corrected chi connectivity index (χ1v) is 14.1. The van der Waals surface area contributed by atoms with Gasteiger partial charge < -0.3 is 19.5 Å². The number of carboxylic acids is 1. The summed E-state index contributed by atoms with van der Waals surface area (Å²) in [5, 5.41) is 14.5. The summed E-state index contributed by atoms with van der Waals surface area (Å²) in [6.07, 6.45) is 5.26. The standard InChI is InChI=1S/C31H29Cl2N3O5/c1-20-25(32)7-3-9-28(20)40-14-4-10-29(37)36-13-5-15-41-30-23(6-2-8-27(30)36)22-17-34-35(19-22)18-21-11-12-24(31(38)39)26(33)16-21/h2-3,6-9,11-12,16-17,19H,4-5,10,13-15,18H2,1H3,(H,38,39). The molecule has 8 nitrogen and oxygen atoms in total. The zero-order chi connectivity index (χ0) is 28.9. The maximum Gasteiger partial charge on any atom is 0.337 e. The van der Waals surface area contributed by atoms with E-state index in [1.54, 1.807) is 27.9 Å². The molecule has 1 N–H and O–H groups in total. The number of carbonyl (C=O) groups is 2. The summed E-state index contributed by atoms with van der Waals surface area (Å²) in [5.74, 6) is 0.320. The molecule has 2 heterocycles. The Morgan fingerprint density at radius 2 is 1.93 bits per heavy atom. The van der Waals surface area contributed by atoms with Crippen molar-refractivity contribution in [2.45, 2.75) is 32.7 Å². The molecule has 0 saturated carbocycles. The smallest absolute Gasteiger partial charge is 0.337 e. The lowest BCUT2D eigenvalue weighted by Gasteiger charge is -2.23. The molecule has 212 valence electrons. The van der Waals surface area contributed by atoms with E-state index in [1.165, 1.54) is 6.07 Å². The van der Waals surface area contributed by atoms with Gasteiger partial charge in [-0.2, -0.15) is 5.10 Å². The van der Waals surface area contributed by atoms with Gasteiger partial charge in [0.15, 0.2) is 5.75 Å². The van der Waals surface area contributed by atoms with E-state index >= 15 is 0 Å². The van der Waals surface area contributed by atoms with E-state index in [4.69, 9.17) is 32.7 Å². The minimum absolute atomic E-state index is 0.0118. The van der Waals surface area contributed by atoms with Crippen LogP contribution in [0.2, 0.25) is 10.0 Å². The summed E-state index contributed by atoms with van der Waals surface area (Å²) in [6.45, 7) is 3.79. The number of nitrogens with zero attached hydrogens (tertiary/aromatic N) is 3. The van der Waals surface area contributed by atoms with Crippen molar-refractivity contribution >= 4 is 40.8 Å². The van der Waals surface area contributed by atoms with Gasteiger partial charge in [-0.25, -0.2) is 4.79 Å². The lowest BCUT2D eigenvalue weighted by molar-refractivity contribution is -0.118. The molecule has 0 radical (unpaired) electrons. The van der Waals surface area contributed by atoms with Gasteiger partial charge in [0.05, 0.1) is 42.2 Å².